The molecular weight excluding hydrogens is 437 g/mol. The van der Waals surface area contributed by atoms with Gasteiger partial charge in [0.15, 0.2) is 5.65 Å². The molecule has 168 valence electrons. The van der Waals surface area contributed by atoms with Crippen LogP contribution >= 0.6 is 11.3 Å². The van der Waals surface area contributed by atoms with Crippen molar-refractivity contribution in [2.75, 3.05) is 18.4 Å². The summed E-state index contributed by atoms with van der Waals surface area (Å²) >= 11 is 1.46. The van der Waals surface area contributed by atoms with Crippen LogP contribution in [0.4, 0.5) is 10.2 Å². The molecule has 1 amide bonds. The minimum atomic E-state index is -0.299. The van der Waals surface area contributed by atoms with Crippen molar-refractivity contribution in [2.45, 2.75) is 32.2 Å². The lowest BCUT2D eigenvalue weighted by Crippen LogP contribution is -2.47. The molecule has 0 saturated carbocycles. The Balaban J connectivity index is 1.36. The molecule has 1 aromatic carbocycles. The highest BCUT2D eigenvalue weighted by atomic mass is 32.1. The van der Waals surface area contributed by atoms with Gasteiger partial charge in [-0.1, -0.05) is 12.1 Å². The molecule has 4 heterocycles. The number of nitrogens with one attached hydrogen (secondary N) is 1. The van der Waals surface area contributed by atoms with Gasteiger partial charge in [-0.2, -0.15) is 0 Å². The highest BCUT2D eigenvalue weighted by Crippen LogP contribution is 2.32. The van der Waals surface area contributed by atoms with Crippen molar-refractivity contribution >= 4 is 34.1 Å². The molecule has 0 aliphatic carbocycles. The molecule has 0 bridgehead atoms. The molecule has 1 atom stereocenters. The van der Waals surface area contributed by atoms with E-state index < -0.39 is 0 Å². The summed E-state index contributed by atoms with van der Waals surface area (Å²) in [5.74, 6) is 0.376. The first-order chi connectivity index (χ1) is 16.1. The van der Waals surface area contributed by atoms with Crippen LogP contribution in [0.15, 0.2) is 54.7 Å². The van der Waals surface area contributed by atoms with E-state index in [-0.39, 0.29) is 17.8 Å². The highest BCUT2D eigenvalue weighted by Gasteiger charge is 2.31. The van der Waals surface area contributed by atoms with Gasteiger partial charge in [0, 0.05) is 30.7 Å². The number of fused-ring (bicyclic) bond motifs is 1. The Hall–Kier alpha value is -3.39. The van der Waals surface area contributed by atoms with E-state index in [1.165, 1.54) is 23.5 Å². The lowest BCUT2D eigenvalue weighted by atomic mass is 10.0. The number of pyridine rings is 2. The van der Waals surface area contributed by atoms with Crippen molar-refractivity contribution < 1.29 is 9.18 Å². The molecule has 1 unspecified atom stereocenters. The SMILES string of the molecule is Cc1nc(C(=O)N2CCCCC2CNc2ccc3cccnc3n2)c(-c2ccc(F)cc2)s1. The number of amides is 1. The summed E-state index contributed by atoms with van der Waals surface area (Å²) in [6.45, 7) is 3.19. The number of carbonyl (C=O) groups excluding carboxylic acids is 1. The Morgan fingerprint density at radius 2 is 2.00 bits per heavy atom. The van der Waals surface area contributed by atoms with Crippen LogP contribution in [0.25, 0.3) is 21.5 Å². The van der Waals surface area contributed by atoms with Crippen LogP contribution in [0.3, 0.4) is 0 Å². The second-order valence-electron chi connectivity index (χ2n) is 8.19. The second kappa shape index (κ2) is 9.23. The average Bonchev–Trinajstić information content (AvgIpc) is 3.24. The van der Waals surface area contributed by atoms with Crippen LogP contribution in [-0.4, -0.2) is 44.9 Å². The Labute approximate surface area is 195 Å². The fourth-order valence-corrected chi connectivity index (χ4v) is 5.17. The summed E-state index contributed by atoms with van der Waals surface area (Å²) in [7, 11) is 0. The fraction of sp³-hybridized carbons (Fsp3) is 0.280. The predicted octanol–water partition coefficient (Wildman–Crippen LogP) is 5.31. The summed E-state index contributed by atoms with van der Waals surface area (Å²) in [6.07, 6.45) is 4.69. The van der Waals surface area contributed by atoms with Gasteiger partial charge < -0.3 is 10.2 Å². The molecule has 0 radical (unpaired) electrons. The maximum atomic E-state index is 13.6. The van der Waals surface area contributed by atoms with E-state index >= 15 is 0 Å². The number of piperidine rings is 1. The molecule has 1 saturated heterocycles. The van der Waals surface area contributed by atoms with Crippen molar-refractivity contribution in [2.24, 2.45) is 0 Å². The van der Waals surface area contributed by atoms with Gasteiger partial charge in [0.2, 0.25) is 0 Å². The first-order valence-corrected chi connectivity index (χ1v) is 11.9. The zero-order valence-electron chi connectivity index (χ0n) is 18.3. The topological polar surface area (TPSA) is 71.0 Å². The normalized spacial score (nSPS) is 16.2. The minimum Gasteiger partial charge on any atom is -0.368 e. The van der Waals surface area contributed by atoms with Gasteiger partial charge in [-0.25, -0.2) is 19.3 Å². The molecule has 33 heavy (non-hydrogen) atoms. The smallest absolute Gasteiger partial charge is 0.274 e. The molecule has 3 aromatic heterocycles. The van der Waals surface area contributed by atoms with Crippen LogP contribution in [0.5, 0.6) is 0 Å². The van der Waals surface area contributed by atoms with E-state index in [1.54, 1.807) is 18.3 Å². The van der Waals surface area contributed by atoms with Gasteiger partial charge in [0.05, 0.1) is 9.88 Å². The molecule has 6 nitrogen and oxygen atoms in total. The number of hydrogen-bond acceptors (Lipinski definition) is 6. The standard InChI is InChI=1S/C25H24FN5OS/c1-16-29-22(23(33-16)17-7-10-19(26)11-8-17)25(32)31-14-3-2-6-20(31)15-28-21-12-9-18-5-4-13-27-24(18)30-21/h4-5,7-13,20H,2-3,6,14-15H2,1H3,(H,27,28,30). The monoisotopic (exact) mass is 461 g/mol. The molecule has 4 aromatic rings. The van der Waals surface area contributed by atoms with Crippen molar-refractivity contribution in [3.8, 4) is 10.4 Å². The Morgan fingerprint density at radius 1 is 1.15 bits per heavy atom. The lowest BCUT2D eigenvalue weighted by molar-refractivity contribution is 0.0623. The number of halogens is 1. The summed E-state index contributed by atoms with van der Waals surface area (Å²) in [5, 5.41) is 5.20. The third-order valence-electron chi connectivity index (χ3n) is 5.91. The number of hydrogen-bond donors (Lipinski definition) is 1. The molecule has 5 rings (SSSR count). The van der Waals surface area contributed by atoms with Crippen LogP contribution in [-0.2, 0) is 0 Å². The third kappa shape index (κ3) is 4.57. The summed E-state index contributed by atoms with van der Waals surface area (Å²) in [5.41, 5.74) is 1.95. The second-order valence-corrected chi connectivity index (χ2v) is 9.40. The van der Waals surface area contributed by atoms with Gasteiger partial charge in [0.25, 0.3) is 5.91 Å². The predicted molar refractivity (Wildman–Crippen MR) is 129 cm³/mol. The Bertz CT molecular complexity index is 1290. The van der Waals surface area contributed by atoms with Crippen molar-refractivity contribution in [3.05, 3.63) is 71.2 Å². The van der Waals surface area contributed by atoms with Crippen molar-refractivity contribution in [3.63, 3.8) is 0 Å². The molecular formula is C25H24FN5OS. The molecule has 0 spiro atoms. The van der Waals surface area contributed by atoms with Crippen molar-refractivity contribution in [1.82, 2.24) is 19.9 Å². The summed E-state index contributed by atoms with van der Waals surface area (Å²) < 4.78 is 13.4. The Kier molecular flexibility index (Phi) is 6.00. The van der Waals surface area contributed by atoms with Crippen LogP contribution < -0.4 is 5.32 Å². The van der Waals surface area contributed by atoms with Gasteiger partial charge in [-0.3, -0.25) is 4.79 Å². The number of anilines is 1. The first kappa shape index (κ1) is 21.5. The number of nitrogens with zero attached hydrogens (tertiary/aromatic N) is 4. The van der Waals surface area contributed by atoms with Gasteiger partial charge in [-0.15, -0.1) is 11.3 Å². The van der Waals surface area contributed by atoms with E-state index in [0.29, 0.717) is 24.4 Å². The number of aryl methyl sites for hydroxylation is 1. The number of benzene rings is 1. The van der Waals surface area contributed by atoms with Crippen molar-refractivity contribution in [1.29, 1.82) is 0 Å². The number of carbonyl (C=O) groups is 1. The number of likely N-dealkylation sites (tertiary alicyclic amines) is 1. The van der Waals surface area contributed by atoms with Crippen LogP contribution in [0.2, 0.25) is 0 Å². The van der Waals surface area contributed by atoms with E-state index in [9.17, 15) is 9.18 Å². The van der Waals surface area contributed by atoms with Gasteiger partial charge in [-0.05, 0) is 68.1 Å². The number of rotatable bonds is 5. The molecule has 8 heteroatoms. The molecule has 1 N–H and O–H groups in total. The van der Waals surface area contributed by atoms with Crippen LogP contribution in [0.1, 0.15) is 34.8 Å². The first-order valence-electron chi connectivity index (χ1n) is 11.1. The van der Waals surface area contributed by atoms with Gasteiger partial charge >= 0.3 is 0 Å². The summed E-state index contributed by atoms with van der Waals surface area (Å²) in [6, 6.07) is 14.1. The van der Waals surface area contributed by atoms with E-state index in [1.807, 2.05) is 36.1 Å². The number of aromatic nitrogens is 3. The lowest BCUT2D eigenvalue weighted by Gasteiger charge is -2.35. The largest absolute Gasteiger partial charge is 0.368 e. The number of thiazole rings is 1. The minimum absolute atomic E-state index is 0.0375. The van der Waals surface area contributed by atoms with Crippen LogP contribution in [0, 0.1) is 12.7 Å². The molecule has 1 aliphatic heterocycles. The third-order valence-corrected chi connectivity index (χ3v) is 6.93. The molecule has 1 aliphatic rings. The Morgan fingerprint density at radius 3 is 2.85 bits per heavy atom. The molecule has 1 fully saturated rings. The maximum Gasteiger partial charge on any atom is 0.274 e. The van der Waals surface area contributed by atoms with E-state index in [4.69, 9.17) is 0 Å². The zero-order chi connectivity index (χ0) is 22.8. The fourth-order valence-electron chi connectivity index (χ4n) is 4.26. The van der Waals surface area contributed by atoms with E-state index in [0.717, 1.165) is 45.9 Å². The maximum absolute atomic E-state index is 13.6. The van der Waals surface area contributed by atoms with Gasteiger partial charge in [0.1, 0.15) is 17.3 Å². The quantitative estimate of drug-likeness (QED) is 0.436. The zero-order valence-corrected chi connectivity index (χ0v) is 19.1. The van der Waals surface area contributed by atoms with E-state index in [2.05, 4.69) is 20.3 Å². The summed E-state index contributed by atoms with van der Waals surface area (Å²) in [4.78, 5) is 29.8. The highest BCUT2D eigenvalue weighted by molar-refractivity contribution is 7.15. The average molecular weight is 462 g/mol.